The van der Waals surface area contributed by atoms with E-state index < -0.39 is 0 Å². The Bertz CT molecular complexity index is 244. The largest absolute Gasteiger partial charge is 0.395 e. The Hall–Kier alpha value is -0.610. The third-order valence-corrected chi connectivity index (χ3v) is 2.76. The van der Waals surface area contributed by atoms with Gasteiger partial charge in [-0.15, -0.1) is 11.3 Å². The van der Waals surface area contributed by atoms with Gasteiger partial charge in [0.2, 0.25) is 0 Å². The van der Waals surface area contributed by atoms with Crippen molar-refractivity contribution in [1.29, 1.82) is 0 Å². The van der Waals surface area contributed by atoms with Crippen LogP contribution in [0.1, 0.15) is 19.0 Å². The van der Waals surface area contributed by atoms with Crippen molar-refractivity contribution in [2.75, 3.05) is 24.6 Å². The van der Waals surface area contributed by atoms with Crippen molar-refractivity contribution in [3.63, 3.8) is 0 Å². The molecule has 1 rings (SSSR count). The zero-order valence-corrected chi connectivity index (χ0v) is 8.97. The summed E-state index contributed by atoms with van der Waals surface area (Å²) < 4.78 is 0. The van der Waals surface area contributed by atoms with E-state index in [1.807, 2.05) is 12.3 Å². The van der Waals surface area contributed by atoms with Crippen molar-refractivity contribution in [2.45, 2.75) is 20.3 Å². The normalized spacial score (nSPS) is 10.4. The molecule has 1 N–H and O–H groups in total. The van der Waals surface area contributed by atoms with Crippen LogP contribution in [0.5, 0.6) is 0 Å². The van der Waals surface area contributed by atoms with E-state index in [2.05, 4.69) is 16.8 Å². The van der Waals surface area contributed by atoms with Crippen LogP contribution < -0.4 is 4.90 Å². The molecule has 0 saturated carbocycles. The van der Waals surface area contributed by atoms with Crippen LogP contribution in [0.15, 0.2) is 5.38 Å². The third-order valence-electron chi connectivity index (χ3n) is 1.74. The maximum Gasteiger partial charge on any atom is 0.185 e. The van der Waals surface area contributed by atoms with Gasteiger partial charge < -0.3 is 10.0 Å². The summed E-state index contributed by atoms with van der Waals surface area (Å²) in [6.45, 7) is 5.96. The lowest BCUT2D eigenvalue weighted by Gasteiger charge is -2.19. The predicted octanol–water partition coefficient (Wildman–Crippen LogP) is 1.66. The van der Waals surface area contributed by atoms with Gasteiger partial charge in [-0.25, -0.2) is 4.98 Å². The summed E-state index contributed by atoms with van der Waals surface area (Å²) in [6.07, 6.45) is 1.08. The van der Waals surface area contributed by atoms with Crippen molar-refractivity contribution in [1.82, 2.24) is 4.98 Å². The Morgan fingerprint density at radius 3 is 2.77 bits per heavy atom. The Labute approximate surface area is 83.0 Å². The monoisotopic (exact) mass is 200 g/mol. The fourth-order valence-electron chi connectivity index (χ4n) is 1.18. The molecule has 1 aromatic rings. The predicted molar refractivity (Wildman–Crippen MR) is 56.4 cm³/mol. The molecule has 0 fully saturated rings. The van der Waals surface area contributed by atoms with Gasteiger partial charge in [-0.05, 0) is 13.3 Å². The number of hydrogen-bond acceptors (Lipinski definition) is 4. The molecule has 0 atom stereocenters. The molecule has 0 aromatic carbocycles. The lowest BCUT2D eigenvalue weighted by atomic mass is 10.4. The Morgan fingerprint density at radius 1 is 1.54 bits per heavy atom. The molecule has 0 unspecified atom stereocenters. The van der Waals surface area contributed by atoms with Crippen LogP contribution in [-0.4, -0.2) is 29.8 Å². The summed E-state index contributed by atoms with van der Waals surface area (Å²) in [6, 6.07) is 0. The quantitative estimate of drug-likeness (QED) is 0.785. The molecule has 1 heterocycles. The first-order valence-electron chi connectivity index (χ1n) is 4.56. The molecule has 4 heteroatoms. The molecule has 0 radical (unpaired) electrons. The number of aliphatic hydroxyl groups is 1. The number of rotatable bonds is 5. The molecule has 3 nitrogen and oxygen atoms in total. The highest BCUT2D eigenvalue weighted by atomic mass is 32.1. The number of thiazole rings is 1. The van der Waals surface area contributed by atoms with Crippen molar-refractivity contribution in [2.24, 2.45) is 0 Å². The molecule has 0 spiro atoms. The van der Waals surface area contributed by atoms with E-state index in [-0.39, 0.29) is 6.61 Å². The second-order valence-corrected chi connectivity index (χ2v) is 3.82. The highest BCUT2D eigenvalue weighted by Crippen LogP contribution is 2.19. The second kappa shape index (κ2) is 5.19. The van der Waals surface area contributed by atoms with Gasteiger partial charge in [-0.1, -0.05) is 6.92 Å². The Balaban J connectivity index is 2.63. The molecular formula is C9H16N2OS. The molecular weight excluding hydrogens is 184 g/mol. The van der Waals surface area contributed by atoms with Gasteiger partial charge in [0, 0.05) is 18.5 Å². The van der Waals surface area contributed by atoms with Crippen LogP contribution in [-0.2, 0) is 0 Å². The highest BCUT2D eigenvalue weighted by Gasteiger charge is 2.07. The lowest BCUT2D eigenvalue weighted by molar-refractivity contribution is 0.302. The van der Waals surface area contributed by atoms with Gasteiger partial charge >= 0.3 is 0 Å². The average molecular weight is 200 g/mol. The molecule has 0 bridgehead atoms. The topological polar surface area (TPSA) is 36.4 Å². The summed E-state index contributed by atoms with van der Waals surface area (Å²) in [5, 5.41) is 11.9. The van der Waals surface area contributed by atoms with Crippen molar-refractivity contribution in [3.05, 3.63) is 11.1 Å². The first kappa shape index (κ1) is 10.5. The van der Waals surface area contributed by atoms with Crippen molar-refractivity contribution < 1.29 is 5.11 Å². The van der Waals surface area contributed by atoms with Gasteiger partial charge in [0.05, 0.1) is 12.3 Å². The summed E-state index contributed by atoms with van der Waals surface area (Å²) in [4.78, 5) is 6.50. The SMILES string of the molecule is CCCN(CCO)c1nc(C)cs1. The first-order valence-corrected chi connectivity index (χ1v) is 5.43. The van der Waals surface area contributed by atoms with Crippen LogP contribution in [0.3, 0.4) is 0 Å². The summed E-state index contributed by atoms with van der Waals surface area (Å²) in [5.74, 6) is 0. The molecule has 0 saturated heterocycles. The molecule has 0 aliphatic rings. The van der Waals surface area contributed by atoms with Gasteiger partial charge in [-0.2, -0.15) is 0 Å². The maximum atomic E-state index is 8.87. The number of aliphatic hydroxyl groups excluding tert-OH is 1. The highest BCUT2D eigenvalue weighted by molar-refractivity contribution is 7.13. The molecule has 13 heavy (non-hydrogen) atoms. The second-order valence-electron chi connectivity index (χ2n) is 2.98. The Morgan fingerprint density at radius 2 is 2.31 bits per heavy atom. The molecule has 0 aliphatic heterocycles. The third kappa shape index (κ3) is 2.97. The number of hydrogen-bond donors (Lipinski definition) is 1. The Kier molecular flexibility index (Phi) is 4.18. The lowest BCUT2D eigenvalue weighted by Crippen LogP contribution is -2.27. The fraction of sp³-hybridized carbons (Fsp3) is 0.667. The summed E-state index contributed by atoms with van der Waals surface area (Å²) in [5.41, 5.74) is 1.05. The maximum absolute atomic E-state index is 8.87. The van der Waals surface area contributed by atoms with E-state index in [1.54, 1.807) is 11.3 Å². The average Bonchev–Trinajstić information content (AvgIpc) is 2.51. The van der Waals surface area contributed by atoms with Gasteiger partial charge in [-0.3, -0.25) is 0 Å². The van der Waals surface area contributed by atoms with Gasteiger partial charge in [0.25, 0.3) is 0 Å². The smallest absolute Gasteiger partial charge is 0.185 e. The fourth-order valence-corrected chi connectivity index (χ4v) is 2.04. The van der Waals surface area contributed by atoms with Gasteiger partial charge in [0.15, 0.2) is 5.13 Å². The standard InChI is InChI=1S/C9H16N2OS/c1-3-4-11(5-6-12)9-10-8(2)7-13-9/h7,12H,3-6H2,1-2H3. The number of anilines is 1. The van der Waals surface area contributed by atoms with E-state index in [1.165, 1.54) is 0 Å². The minimum absolute atomic E-state index is 0.193. The molecule has 0 aliphatic carbocycles. The molecule has 0 amide bonds. The number of aromatic nitrogens is 1. The van der Waals surface area contributed by atoms with E-state index in [0.29, 0.717) is 6.54 Å². The number of aryl methyl sites for hydroxylation is 1. The van der Waals surface area contributed by atoms with Crippen molar-refractivity contribution in [3.8, 4) is 0 Å². The van der Waals surface area contributed by atoms with Crippen LogP contribution in [0.25, 0.3) is 0 Å². The van der Waals surface area contributed by atoms with E-state index in [0.717, 1.165) is 23.8 Å². The van der Waals surface area contributed by atoms with Crippen LogP contribution in [0.4, 0.5) is 5.13 Å². The van der Waals surface area contributed by atoms with E-state index >= 15 is 0 Å². The molecule has 1 aromatic heterocycles. The van der Waals surface area contributed by atoms with Crippen LogP contribution >= 0.6 is 11.3 Å². The number of nitrogens with zero attached hydrogens (tertiary/aromatic N) is 2. The van der Waals surface area contributed by atoms with E-state index in [9.17, 15) is 0 Å². The van der Waals surface area contributed by atoms with Crippen LogP contribution in [0, 0.1) is 6.92 Å². The van der Waals surface area contributed by atoms with E-state index in [4.69, 9.17) is 5.11 Å². The van der Waals surface area contributed by atoms with Crippen LogP contribution in [0.2, 0.25) is 0 Å². The minimum atomic E-state index is 0.193. The zero-order chi connectivity index (χ0) is 9.68. The van der Waals surface area contributed by atoms with Gasteiger partial charge in [0.1, 0.15) is 0 Å². The minimum Gasteiger partial charge on any atom is -0.395 e. The molecule has 74 valence electrons. The van der Waals surface area contributed by atoms with Crippen molar-refractivity contribution >= 4 is 16.5 Å². The first-order chi connectivity index (χ1) is 6.27. The summed E-state index contributed by atoms with van der Waals surface area (Å²) in [7, 11) is 0. The summed E-state index contributed by atoms with van der Waals surface area (Å²) >= 11 is 1.64. The zero-order valence-electron chi connectivity index (χ0n) is 8.16.